The highest BCUT2D eigenvalue weighted by Gasteiger charge is 2.44. The van der Waals surface area contributed by atoms with Crippen molar-refractivity contribution in [1.29, 1.82) is 0 Å². The van der Waals surface area contributed by atoms with Gasteiger partial charge in [0.1, 0.15) is 5.75 Å². The molecule has 0 fully saturated rings. The van der Waals surface area contributed by atoms with Crippen LogP contribution in [0.25, 0.3) is 0 Å². The number of rotatable bonds is 6. The molecule has 31 heavy (non-hydrogen) atoms. The minimum absolute atomic E-state index is 0.0742. The van der Waals surface area contributed by atoms with Crippen LogP contribution in [-0.4, -0.2) is 22.8 Å². The minimum Gasteiger partial charge on any atom is -0.503 e. The molecule has 2 aromatic carbocycles. The van der Waals surface area contributed by atoms with E-state index >= 15 is 0 Å². The van der Waals surface area contributed by atoms with Gasteiger partial charge in [-0.15, -0.1) is 0 Å². The number of anilines is 1. The predicted octanol–water partition coefficient (Wildman–Crippen LogP) is 4.74. The van der Waals surface area contributed by atoms with Crippen LogP contribution in [0.5, 0.6) is 5.75 Å². The van der Waals surface area contributed by atoms with Crippen molar-refractivity contribution in [2.45, 2.75) is 47.1 Å². The molecule has 2 aromatic rings. The Bertz CT molecular complexity index is 1050. The van der Waals surface area contributed by atoms with Crippen LogP contribution in [0.4, 0.5) is 5.69 Å². The van der Waals surface area contributed by atoms with Gasteiger partial charge in [-0.3, -0.25) is 19.3 Å². The summed E-state index contributed by atoms with van der Waals surface area (Å²) in [6, 6.07) is 11.6. The molecule has 0 bridgehead atoms. The number of carbonyl (C=O) groups excluding carboxylic acids is 3. The molecular formula is C25H27NO5. The van der Waals surface area contributed by atoms with Gasteiger partial charge in [0.25, 0.3) is 5.91 Å². The van der Waals surface area contributed by atoms with Gasteiger partial charge in [-0.05, 0) is 60.7 Å². The van der Waals surface area contributed by atoms with Gasteiger partial charge in [0.05, 0.1) is 11.6 Å². The molecule has 0 aliphatic carbocycles. The molecule has 0 saturated heterocycles. The van der Waals surface area contributed by atoms with Crippen LogP contribution in [0.2, 0.25) is 0 Å². The van der Waals surface area contributed by atoms with E-state index in [1.54, 1.807) is 24.3 Å². The largest absolute Gasteiger partial charge is 0.503 e. The van der Waals surface area contributed by atoms with Gasteiger partial charge >= 0.3 is 5.97 Å². The topological polar surface area (TPSA) is 83.9 Å². The summed E-state index contributed by atoms with van der Waals surface area (Å²) in [6.45, 7) is 9.00. The summed E-state index contributed by atoms with van der Waals surface area (Å²) in [4.78, 5) is 38.9. The van der Waals surface area contributed by atoms with Crippen molar-refractivity contribution in [3.05, 3.63) is 70.5 Å². The monoisotopic (exact) mass is 421 g/mol. The first-order valence-corrected chi connectivity index (χ1v) is 10.2. The molecule has 3 rings (SSSR count). The SMILES string of the molecule is CC(=O)Oc1ccc(C2C(C(=O)CC(C)C)=C(O)C(=O)N2c2cc(C)cc(C)c2)cc1. The maximum absolute atomic E-state index is 13.1. The summed E-state index contributed by atoms with van der Waals surface area (Å²) >= 11 is 0. The molecule has 1 amide bonds. The number of nitrogens with zero attached hydrogens (tertiary/aromatic N) is 1. The number of amides is 1. The molecule has 0 aromatic heterocycles. The fourth-order valence-electron chi connectivity index (χ4n) is 3.93. The van der Waals surface area contributed by atoms with Gasteiger partial charge < -0.3 is 9.84 Å². The Morgan fingerprint density at radius 1 is 1.06 bits per heavy atom. The van der Waals surface area contributed by atoms with Gasteiger partial charge in [-0.2, -0.15) is 0 Å². The second-order valence-electron chi connectivity index (χ2n) is 8.37. The van der Waals surface area contributed by atoms with E-state index in [9.17, 15) is 19.5 Å². The lowest BCUT2D eigenvalue weighted by Crippen LogP contribution is -2.31. The number of aryl methyl sites for hydroxylation is 2. The van der Waals surface area contributed by atoms with Gasteiger partial charge in [0.15, 0.2) is 11.5 Å². The molecule has 6 nitrogen and oxygen atoms in total. The van der Waals surface area contributed by atoms with Gasteiger partial charge in [-0.25, -0.2) is 0 Å². The average molecular weight is 421 g/mol. The molecule has 1 atom stereocenters. The summed E-state index contributed by atoms with van der Waals surface area (Å²) in [7, 11) is 0. The Labute approximate surface area is 182 Å². The molecule has 0 spiro atoms. The zero-order valence-corrected chi connectivity index (χ0v) is 18.4. The van der Waals surface area contributed by atoms with Crippen LogP contribution in [0.1, 0.15) is 49.9 Å². The number of benzene rings is 2. The number of hydrogen-bond donors (Lipinski definition) is 1. The highest BCUT2D eigenvalue weighted by molar-refractivity contribution is 6.16. The van der Waals surface area contributed by atoms with E-state index in [1.807, 2.05) is 45.9 Å². The zero-order chi connectivity index (χ0) is 22.9. The second-order valence-corrected chi connectivity index (χ2v) is 8.37. The number of hydrogen-bond acceptors (Lipinski definition) is 5. The van der Waals surface area contributed by atoms with Crippen LogP contribution < -0.4 is 9.64 Å². The second kappa shape index (κ2) is 8.76. The van der Waals surface area contributed by atoms with Crippen molar-refractivity contribution < 1.29 is 24.2 Å². The van der Waals surface area contributed by atoms with E-state index < -0.39 is 23.7 Å². The van der Waals surface area contributed by atoms with E-state index in [2.05, 4.69) is 0 Å². The maximum Gasteiger partial charge on any atom is 0.308 e. The van der Waals surface area contributed by atoms with E-state index in [0.717, 1.165) is 11.1 Å². The fraction of sp³-hybridized carbons (Fsp3) is 0.320. The number of aliphatic hydroxyl groups excluding tert-OH is 1. The number of ether oxygens (including phenoxy) is 1. The van der Waals surface area contributed by atoms with Crippen molar-refractivity contribution in [1.82, 2.24) is 0 Å². The Kier molecular flexibility index (Phi) is 6.29. The van der Waals surface area contributed by atoms with Crippen molar-refractivity contribution in [2.75, 3.05) is 4.90 Å². The lowest BCUT2D eigenvalue weighted by molar-refractivity contribution is -0.131. The molecule has 0 radical (unpaired) electrons. The zero-order valence-electron chi connectivity index (χ0n) is 18.4. The molecule has 1 N–H and O–H groups in total. The smallest absolute Gasteiger partial charge is 0.308 e. The molecule has 0 saturated carbocycles. The van der Waals surface area contributed by atoms with Crippen molar-refractivity contribution >= 4 is 23.3 Å². The Hall–Kier alpha value is -3.41. The van der Waals surface area contributed by atoms with Crippen LogP contribution in [0, 0.1) is 19.8 Å². The quantitative estimate of drug-likeness (QED) is 0.538. The summed E-state index contributed by atoms with van der Waals surface area (Å²) < 4.78 is 5.10. The number of esters is 1. The Morgan fingerprint density at radius 2 is 1.65 bits per heavy atom. The van der Waals surface area contributed by atoms with Crippen LogP contribution in [0.3, 0.4) is 0 Å². The molecule has 1 unspecified atom stereocenters. The summed E-state index contributed by atoms with van der Waals surface area (Å²) in [5.41, 5.74) is 3.27. The lowest BCUT2D eigenvalue weighted by Gasteiger charge is -2.28. The Balaban J connectivity index is 2.13. The highest BCUT2D eigenvalue weighted by atomic mass is 16.5. The fourth-order valence-corrected chi connectivity index (χ4v) is 3.93. The van der Waals surface area contributed by atoms with Crippen LogP contribution in [0.15, 0.2) is 53.8 Å². The van der Waals surface area contributed by atoms with Crippen molar-refractivity contribution in [3.63, 3.8) is 0 Å². The molecule has 1 aliphatic rings. The summed E-state index contributed by atoms with van der Waals surface area (Å²) in [6.07, 6.45) is 0.218. The van der Waals surface area contributed by atoms with Crippen molar-refractivity contribution in [3.8, 4) is 5.75 Å². The van der Waals surface area contributed by atoms with E-state index in [1.165, 1.54) is 11.8 Å². The maximum atomic E-state index is 13.1. The van der Waals surface area contributed by atoms with Gasteiger partial charge in [0.2, 0.25) is 0 Å². The standard InChI is InChI=1S/C25H27NO5/c1-14(2)10-21(28)22-23(18-6-8-20(9-7-18)31-17(5)27)26(25(30)24(22)29)19-12-15(3)11-16(4)13-19/h6-9,11-14,23,29H,10H2,1-5H3. The van der Waals surface area contributed by atoms with E-state index in [-0.39, 0.29) is 23.7 Å². The first-order valence-electron chi connectivity index (χ1n) is 10.2. The van der Waals surface area contributed by atoms with Crippen LogP contribution >= 0.6 is 0 Å². The first-order chi connectivity index (χ1) is 14.6. The number of carbonyl (C=O) groups is 3. The third-order valence-electron chi connectivity index (χ3n) is 5.04. The summed E-state index contributed by atoms with van der Waals surface area (Å²) in [5, 5.41) is 10.7. The lowest BCUT2D eigenvalue weighted by atomic mass is 9.92. The third kappa shape index (κ3) is 4.68. The molecule has 1 aliphatic heterocycles. The Morgan fingerprint density at radius 3 is 2.16 bits per heavy atom. The van der Waals surface area contributed by atoms with E-state index in [0.29, 0.717) is 17.0 Å². The molecule has 162 valence electrons. The van der Waals surface area contributed by atoms with E-state index in [4.69, 9.17) is 4.74 Å². The minimum atomic E-state index is -0.772. The molecular weight excluding hydrogens is 394 g/mol. The first kappa shape index (κ1) is 22.3. The van der Waals surface area contributed by atoms with Gasteiger partial charge in [0, 0.05) is 19.0 Å². The van der Waals surface area contributed by atoms with Crippen molar-refractivity contribution in [2.24, 2.45) is 5.92 Å². The van der Waals surface area contributed by atoms with Crippen LogP contribution in [-0.2, 0) is 14.4 Å². The molecule has 1 heterocycles. The average Bonchev–Trinajstić information content (AvgIpc) is 2.92. The normalized spacial score (nSPS) is 16.3. The number of ketones is 1. The third-order valence-corrected chi connectivity index (χ3v) is 5.04. The van der Waals surface area contributed by atoms with Gasteiger partial charge in [-0.1, -0.05) is 32.0 Å². The predicted molar refractivity (Wildman–Crippen MR) is 118 cm³/mol. The highest BCUT2D eigenvalue weighted by Crippen LogP contribution is 2.42. The number of Topliss-reactive ketones (excluding diaryl/α,β-unsaturated/α-hetero) is 1. The molecule has 6 heteroatoms. The summed E-state index contributed by atoms with van der Waals surface area (Å²) in [5.74, 6) is -1.38. The number of aliphatic hydroxyl groups is 1.